The van der Waals surface area contributed by atoms with Gasteiger partial charge >= 0.3 is 0 Å². The summed E-state index contributed by atoms with van der Waals surface area (Å²) in [5.74, 6) is -3.72. The monoisotopic (exact) mass is 596 g/mol. The molecule has 4 aromatic rings. The number of aromatic nitrogens is 6. The number of nitrogens with zero attached hydrogens (tertiary/aromatic N) is 8. The summed E-state index contributed by atoms with van der Waals surface area (Å²) in [5.41, 5.74) is 1.50. The van der Waals surface area contributed by atoms with Crippen LogP contribution in [0.25, 0.3) is 22.4 Å². The average Bonchev–Trinajstić information content (AvgIpc) is 3.52. The van der Waals surface area contributed by atoms with Gasteiger partial charge in [-0.3, -0.25) is 9.48 Å². The van der Waals surface area contributed by atoms with Crippen molar-refractivity contribution in [2.75, 3.05) is 50.8 Å². The third kappa shape index (κ3) is 6.45. The first-order valence-electron chi connectivity index (χ1n) is 14.2. The Morgan fingerprint density at radius 1 is 0.953 bits per heavy atom. The van der Waals surface area contributed by atoms with Crippen LogP contribution in [-0.2, 0) is 11.3 Å². The van der Waals surface area contributed by atoms with E-state index in [4.69, 9.17) is 9.84 Å². The van der Waals surface area contributed by atoms with Crippen LogP contribution >= 0.6 is 0 Å². The van der Waals surface area contributed by atoms with Gasteiger partial charge in [-0.2, -0.15) is 10.2 Å². The normalized spacial score (nSPS) is 18.3. The molecule has 43 heavy (non-hydrogen) atoms. The van der Waals surface area contributed by atoms with Crippen LogP contribution in [0.2, 0.25) is 0 Å². The van der Waals surface area contributed by atoms with Crippen LogP contribution in [0.3, 0.4) is 0 Å². The molecule has 0 unspecified atom stereocenters. The van der Waals surface area contributed by atoms with Crippen molar-refractivity contribution in [3.63, 3.8) is 0 Å². The Hall–Kier alpha value is -4.14. The molecular weight excluding hydrogens is 565 g/mol. The third-order valence-corrected chi connectivity index (χ3v) is 7.86. The van der Waals surface area contributed by atoms with Gasteiger partial charge in [0.2, 0.25) is 5.95 Å². The predicted octanol–water partition coefficient (Wildman–Crippen LogP) is 2.52. The number of aliphatic hydroxyl groups excluding tert-OH is 1. The van der Waals surface area contributed by atoms with E-state index in [0.29, 0.717) is 38.2 Å². The van der Waals surface area contributed by atoms with Gasteiger partial charge in [-0.05, 0) is 31.0 Å². The van der Waals surface area contributed by atoms with E-state index in [1.807, 2.05) is 22.0 Å². The molecule has 1 N–H and O–H groups in total. The lowest BCUT2D eigenvalue weighted by atomic mass is 10.1. The molecular formula is C29H31F3N8O3. The summed E-state index contributed by atoms with van der Waals surface area (Å²) in [6, 6.07) is 4.56. The zero-order valence-corrected chi connectivity index (χ0v) is 23.3. The van der Waals surface area contributed by atoms with Gasteiger partial charge < -0.3 is 19.6 Å². The number of ether oxygens (including phenoxy) is 1. The Labute approximate surface area is 245 Å². The molecule has 2 aliphatic heterocycles. The van der Waals surface area contributed by atoms with Gasteiger partial charge in [-0.15, -0.1) is 0 Å². The number of aliphatic hydroxyl groups is 1. The molecule has 1 atom stereocenters. The highest BCUT2D eigenvalue weighted by Crippen LogP contribution is 2.26. The molecule has 0 saturated carbocycles. The number of benzene rings is 1. The average molecular weight is 597 g/mol. The van der Waals surface area contributed by atoms with Crippen LogP contribution in [0, 0.1) is 17.5 Å². The minimum atomic E-state index is -1.57. The fourth-order valence-electron chi connectivity index (χ4n) is 5.51. The SMILES string of the molecule is O=c1ccc(-c2cc(F)c(F)c(F)c2)nn1C[C@@H]1CN(c2ncc(-c3cnn(C4CCN(CCO)CC4)c3)cn2)CCO1. The summed E-state index contributed by atoms with van der Waals surface area (Å²) >= 11 is 0. The number of anilines is 1. The molecule has 2 fully saturated rings. The first-order valence-corrected chi connectivity index (χ1v) is 14.2. The molecule has 1 aromatic carbocycles. The predicted molar refractivity (Wildman–Crippen MR) is 151 cm³/mol. The van der Waals surface area contributed by atoms with Gasteiger partial charge in [-0.25, -0.2) is 27.8 Å². The molecule has 3 aromatic heterocycles. The molecule has 0 aliphatic carbocycles. The lowest BCUT2D eigenvalue weighted by Gasteiger charge is -2.33. The second-order valence-electron chi connectivity index (χ2n) is 10.7. The number of halogens is 3. The number of likely N-dealkylation sites (tertiary alicyclic amines) is 1. The summed E-state index contributed by atoms with van der Waals surface area (Å²) in [6.07, 6.45) is 8.87. The largest absolute Gasteiger partial charge is 0.395 e. The molecule has 0 bridgehead atoms. The quantitative estimate of drug-likeness (QED) is 0.307. The van der Waals surface area contributed by atoms with Crippen molar-refractivity contribution in [2.45, 2.75) is 31.5 Å². The van der Waals surface area contributed by atoms with Crippen LogP contribution in [-0.4, -0.2) is 91.6 Å². The van der Waals surface area contributed by atoms with Gasteiger partial charge in [0, 0.05) is 74.1 Å². The molecule has 0 spiro atoms. The minimum Gasteiger partial charge on any atom is -0.395 e. The molecule has 6 rings (SSSR count). The van der Waals surface area contributed by atoms with E-state index in [9.17, 15) is 18.0 Å². The molecule has 226 valence electrons. The Morgan fingerprint density at radius 3 is 2.42 bits per heavy atom. The smallest absolute Gasteiger partial charge is 0.266 e. The summed E-state index contributed by atoms with van der Waals surface area (Å²) in [4.78, 5) is 25.9. The highest BCUT2D eigenvalue weighted by molar-refractivity contribution is 5.60. The van der Waals surface area contributed by atoms with Gasteiger partial charge in [0.25, 0.3) is 5.56 Å². The van der Waals surface area contributed by atoms with E-state index in [0.717, 1.165) is 49.2 Å². The first kappa shape index (κ1) is 29.0. The number of rotatable bonds is 8. The van der Waals surface area contributed by atoms with Gasteiger partial charge in [0.1, 0.15) is 0 Å². The van der Waals surface area contributed by atoms with Crippen LogP contribution in [0.15, 0.2) is 53.8 Å². The Morgan fingerprint density at radius 2 is 1.70 bits per heavy atom. The van der Waals surface area contributed by atoms with Gasteiger partial charge in [-0.1, -0.05) is 0 Å². The van der Waals surface area contributed by atoms with Crippen molar-refractivity contribution in [2.24, 2.45) is 0 Å². The maximum absolute atomic E-state index is 13.8. The van der Waals surface area contributed by atoms with Crippen LogP contribution in [0.5, 0.6) is 0 Å². The van der Waals surface area contributed by atoms with E-state index in [1.54, 1.807) is 12.4 Å². The van der Waals surface area contributed by atoms with Gasteiger partial charge in [0.15, 0.2) is 17.5 Å². The van der Waals surface area contributed by atoms with Crippen molar-refractivity contribution in [1.82, 2.24) is 34.4 Å². The van der Waals surface area contributed by atoms with E-state index in [1.165, 1.54) is 16.8 Å². The summed E-state index contributed by atoms with van der Waals surface area (Å²) in [5, 5.41) is 18.0. The molecule has 11 nitrogen and oxygen atoms in total. The summed E-state index contributed by atoms with van der Waals surface area (Å²) in [6.45, 7) is 4.16. The molecule has 2 aliphatic rings. The van der Waals surface area contributed by atoms with Crippen molar-refractivity contribution in [1.29, 1.82) is 0 Å². The standard InChI is InChI=1S/C29H31F3N8O3/c30-24-11-19(12-25(31)28(24)32)26-1-2-27(42)40(36-26)18-23-17-38(8-10-43-23)29-33-13-20(14-34-29)21-15-35-39(16-21)22-3-5-37(6-4-22)7-9-41/h1-2,11-16,22-23,41H,3-10,17-18H2/t23-/m0/s1. The number of hydrogen-bond donors (Lipinski definition) is 1. The summed E-state index contributed by atoms with van der Waals surface area (Å²) in [7, 11) is 0. The van der Waals surface area contributed by atoms with Crippen molar-refractivity contribution < 1.29 is 23.0 Å². The first-order chi connectivity index (χ1) is 20.9. The molecule has 5 heterocycles. The topological polar surface area (TPSA) is 114 Å². The maximum atomic E-state index is 13.8. The number of piperidine rings is 1. The van der Waals surface area contributed by atoms with E-state index in [-0.39, 0.29) is 24.4 Å². The van der Waals surface area contributed by atoms with Crippen LogP contribution in [0.1, 0.15) is 18.9 Å². The van der Waals surface area contributed by atoms with E-state index in [2.05, 4.69) is 25.1 Å². The summed E-state index contributed by atoms with van der Waals surface area (Å²) < 4.78 is 49.9. The van der Waals surface area contributed by atoms with Crippen molar-refractivity contribution >= 4 is 5.95 Å². The lowest BCUT2D eigenvalue weighted by Crippen LogP contribution is -2.46. The molecule has 2 saturated heterocycles. The zero-order chi connectivity index (χ0) is 29.9. The van der Waals surface area contributed by atoms with Crippen LogP contribution in [0.4, 0.5) is 19.1 Å². The fraction of sp³-hybridized carbons (Fsp3) is 0.414. The lowest BCUT2D eigenvalue weighted by molar-refractivity contribution is 0.0260. The number of morpholine rings is 1. The van der Waals surface area contributed by atoms with Crippen molar-refractivity contribution in [3.05, 3.63) is 76.9 Å². The number of hydrogen-bond acceptors (Lipinski definition) is 9. The number of β-amino-alcohol motifs (C(OH)–C–C–N with tert-alkyl or cyclic N) is 1. The Kier molecular flexibility index (Phi) is 8.49. The van der Waals surface area contributed by atoms with E-state index >= 15 is 0 Å². The third-order valence-electron chi connectivity index (χ3n) is 7.86. The molecule has 0 radical (unpaired) electrons. The molecule has 0 amide bonds. The fourth-order valence-corrected chi connectivity index (χ4v) is 5.51. The highest BCUT2D eigenvalue weighted by atomic mass is 19.2. The second kappa shape index (κ2) is 12.6. The Balaban J connectivity index is 1.10. The Bertz CT molecular complexity index is 1600. The van der Waals surface area contributed by atoms with E-state index < -0.39 is 29.1 Å². The van der Waals surface area contributed by atoms with Crippen LogP contribution < -0.4 is 10.5 Å². The minimum absolute atomic E-state index is 0.0128. The van der Waals surface area contributed by atoms with Gasteiger partial charge in [0.05, 0.1) is 43.8 Å². The zero-order valence-electron chi connectivity index (χ0n) is 23.3. The maximum Gasteiger partial charge on any atom is 0.266 e. The second-order valence-corrected chi connectivity index (χ2v) is 10.7. The van der Waals surface area contributed by atoms with Crippen molar-refractivity contribution in [3.8, 4) is 22.4 Å². The molecule has 14 heteroatoms. The highest BCUT2D eigenvalue weighted by Gasteiger charge is 2.25.